The van der Waals surface area contributed by atoms with Crippen LogP contribution < -0.4 is 16.0 Å². The van der Waals surface area contributed by atoms with Crippen LogP contribution in [0.2, 0.25) is 0 Å². The quantitative estimate of drug-likeness (QED) is 0.737. The first-order chi connectivity index (χ1) is 9.54. The lowest BCUT2D eigenvalue weighted by Crippen LogP contribution is -2.30. The van der Waals surface area contributed by atoms with Crippen molar-refractivity contribution in [1.29, 1.82) is 0 Å². The first-order valence-corrected chi connectivity index (χ1v) is 6.99. The van der Waals surface area contributed by atoms with Gasteiger partial charge in [-0.3, -0.25) is 9.59 Å². The van der Waals surface area contributed by atoms with Crippen molar-refractivity contribution in [3.05, 3.63) is 29.8 Å². The zero-order valence-corrected chi connectivity index (χ0v) is 11.9. The summed E-state index contributed by atoms with van der Waals surface area (Å²) in [4.78, 5) is 23.4. The van der Waals surface area contributed by atoms with Crippen LogP contribution in [0.4, 0.5) is 5.69 Å². The predicted molar refractivity (Wildman–Crippen MR) is 78.7 cm³/mol. The first kappa shape index (κ1) is 14.5. The Morgan fingerprint density at radius 1 is 1.20 bits per heavy atom. The van der Waals surface area contributed by atoms with Gasteiger partial charge in [-0.2, -0.15) is 0 Å². The summed E-state index contributed by atoms with van der Waals surface area (Å²) in [6, 6.07) is 7.52. The average molecular weight is 275 g/mol. The maximum atomic E-state index is 11.8. The summed E-state index contributed by atoms with van der Waals surface area (Å²) in [6.07, 6.45) is 2.32. The molecule has 0 spiro atoms. The van der Waals surface area contributed by atoms with Crippen LogP contribution in [-0.4, -0.2) is 30.4 Å². The van der Waals surface area contributed by atoms with Crippen molar-refractivity contribution in [3.63, 3.8) is 0 Å². The highest BCUT2D eigenvalue weighted by atomic mass is 16.2. The molecule has 1 aromatic rings. The fourth-order valence-electron chi connectivity index (χ4n) is 1.78. The Morgan fingerprint density at radius 2 is 1.85 bits per heavy atom. The van der Waals surface area contributed by atoms with Crippen LogP contribution in [0.3, 0.4) is 0 Å². The fraction of sp³-hybridized carbons (Fsp3) is 0.467. The molecule has 1 saturated carbocycles. The van der Waals surface area contributed by atoms with Gasteiger partial charge in [0.2, 0.25) is 5.91 Å². The van der Waals surface area contributed by atoms with Crippen molar-refractivity contribution in [3.8, 4) is 0 Å². The van der Waals surface area contributed by atoms with Crippen LogP contribution >= 0.6 is 0 Å². The van der Waals surface area contributed by atoms with Crippen LogP contribution in [0.15, 0.2) is 24.3 Å². The third-order valence-electron chi connectivity index (χ3n) is 2.98. The molecule has 0 unspecified atom stereocenters. The van der Waals surface area contributed by atoms with Crippen molar-refractivity contribution in [2.75, 3.05) is 11.9 Å². The standard InChI is InChI=1S/C15H21N3O2/c1-10(2)17-15(20)11-3-5-13(6-4-11)18-14(19)9-16-12-7-8-12/h3-6,10,12,16H,7-9H2,1-2H3,(H,17,20)(H,18,19). The Hall–Kier alpha value is -1.88. The minimum atomic E-state index is -0.103. The third kappa shape index (κ3) is 4.66. The Bertz CT molecular complexity index is 478. The molecule has 0 heterocycles. The van der Waals surface area contributed by atoms with Gasteiger partial charge in [0.1, 0.15) is 0 Å². The maximum absolute atomic E-state index is 11.8. The summed E-state index contributed by atoms with van der Waals surface area (Å²) in [5, 5.41) is 8.77. The molecule has 0 bridgehead atoms. The van der Waals surface area contributed by atoms with Gasteiger partial charge in [-0.1, -0.05) is 0 Å². The van der Waals surface area contributed by atoms with E-state index in [-0.39, 0.29) is 17.9 Å². The molecule has 0 saturated heterocycles. The Balaban J connectivity index is 1.83. The Morgan fingerprint density at radius 3 is 2.40 bits per heavy atom. The van der Waals surface area contributed by atoms with Crippen molar-refractivity contribution in [2.24, 2.45) is 0 Å². The molecule has 0 atom stereocenters. The van der Waals surface area contributed by atoms with Crippen molar-refractivity contribution >= 4 is 17.5 Å². The summed E-state index contributed by atoms with van der Waals surface area (Å²) < 4.78 is 0. The van der Waals surface area contributed by atoms with Gasteiger partial charge in [0.15, 0.2) is 0 Å². The van der Waals surface area contributed by atoms with E-state index in [4.69, 9.17) is 0 Å². The van der Waals surface area contributed by atoms with Gasteiger partial charge >= 0.3 is 0 Å². The molecule has 0 aromatic heterocycles. The van der Waals surface area contributed by atoms with Crippen LogP contribution in [0.1, 0.15) is 37.0 Å². The minimum Gasteiger partial charge on any atom is -0.350 e. The van der Waals surface area contributed by atoms with Gasteiger partial charge in [-0.05, 0) is 51.0 Å². The van der Waals surface area contributed by atoms with Crippen molar-refractivity contribution in [1.82, 2.24) is 10.6 Å². The van der Waals surface area contributed by atoms with E-state index in [0.717, 1.165) is 12.8 Å². The number of carbonyl (C=O) groups is 2. The molecule has 5 nitrogen and oxygen atoms in total. The number of nitrogens with one attached hydrogen (secondary N) is 3. The van der Waals surface area contributed by atoms with Crippen molar-refractivity contribution < 1.29 is 9.59 Å². The highest BCUT2D eigenvalue weighted by Gasteiger charge is 2.21. The molecule has 1 fully saturated rings. The van der Waals surface area contributed by atoms with Gasteiger partial charge in [0.05, 0.1) is 6.54 Å². The molecule has 108 valence electrons. The van der Waals surface area contributed by atoms with Crippen LogP contribution in [-0.2, 0) is 4.79 Å². The molecular weight excluding hydrogens is 254 g/mol. The minimum absolute atomic E-state index is 0.0590. The summed E-state index contributed by atoms with van der Waals surface area (Å²) in [7, 11) is 0. The van der Waals surface area contributed by atoms with Gasteiger partial charge < -0.3 is 16.0 Å². The number of rotatable bonds is 6. The number of benzene rings is 1. The van der Waals surface area contributed by atoms with E-state index < -0.39 is 0 Å². The lowest BCUT2D eigenvalue weighted by Gasteiger charge is -2.09. The predicted octanol–water partition coefficient (Wildman–Crippen LogP) is 1.52. The summed E-state index contributed by atoms with van der Waals surface area (Å²) in [5.74, 6) is -0.162. The SMILES string of the molecule is CC(C)NC(=O)c1ccc(NC(=O)CNC2CC2)cc1. The maximum Gasteiger partial charge on any atom is 0.251 e. The van der Waals surface area contributed by atoms with Gasteiger partial charge in [0.25, 0.3) is 5.91 Å². The van der Waals surface area contributed by atoms with E-state index in [1.807, 2.05) is 13.8 Å². The molecular formula is C15H21N3O2. The molecule has 2 rings (SSSR count). The molecule has 3 N–H and O–H groups in total. The highest BCUT2D eigenvalue weighted by Crippen LogP contribution is 2.18. The zero-order valence-electron chi connectivity index (χ0n) is 11.9. The van der Waals surface area contributed by atoms with Gasteiger partial charge in [-0.15, -0.1) is 0 Å². The molecule has 0 aliphatic heterocycles. The molecule has 1 aromatic carbocycles. The van der Waals surface area contributed by atoms with Crippen LogP contribution in [0, 0.1) is 0 Å². The largest absolute Gasteiger partial charge is 0.350 e. The van der Waals surface area contributed by atoms with Crippen molar-refractivity contribution in [2.45, 2.75) is 38.8 Å². The normalized spacial score (nSPS) is 14.2. The molecule has 20 heavy (non-hydrogen) atoms. The Kier molecular flexibility index (Phi) is 4.74. The smallest absolute Gasteiger partial charge is 0.251 e. The highest BCUT2D eigenvalue weighted by molar-refractivity contribution is 5.96. The second-order valence-electron chi connectivity index (χ2n) is 5.41. The average Bonchev–Trinajstić information content (AvgIpc) is 3.20. The first-order valence-electron chi connectivity index (χ1n) is 6.99. The summed E-state index contributed by atoms with van der Waals surface area (Å²) in [5.41, 5.74) is 1.29. The molecule has 1 aliphatic carbocycles. The van der Waals surface area contributed by atoms with E-state index in [1.165, 1.54) is 0 Å². The number of carbonyl (C=O) groups excluding carboxylic acids is 2. The molecule has 5 heteroatoms. The van der Waals surface area contributed by atoms with E-state index in [9.17, 15) is 9.59 Å². The summed E-state index contributed by atoms with van der Waals surface area (Å²) >= 11 is 0. The van der Waals surface area contributed by atoms with E-state index in [2.05, 4.69) is 16.0 Å². The number of hydrogen-bond donors (Lipinski definition) is 3. The van der Waals surface area contributed by atoms with E-state index in [0.29, 0.717) is 23.8 Å². The monoisotopic (exact) mass is 275 g/mol. The number of hydrogen-bond acceptors (Lipinski definition) is 3. The lowest BCUT2D eigenvalue weighted by atomic mass is 10.2. The molecule has 0 radical (unpaired) electrons. The van der Waals surface area contributed by atoms with E-state index in [1.54, 1.807) is 24.3 Å². The van der Waals surface area contributed by atoms with Crippen LogP contribution in [0.5, 0.6) is 0 Å². The molecule has 1 aliphatic rings. The third-order valence-corrected chi connectivity index (χ3v) is 2.98. The van der Waals surface area contributed by atoms with Gasteiger partial charge in [-0.25, -0.2) is 0 Å². The molecule has 2 amide bonds. The van der Waals surface area contributed by atoms with Gasteiger partial charge in [0, 0.05) is 23.3 Å². The number of anilines is 1. The second-order valence-corrected chi connectivity index (χ2v) is 5.41. The zero-order chi connectivity index (χ0) is 14.5. The lowest BCUT2D eigenvalue weighted by molar-refractivity contribution is -0.115. The fourth-order valence-corrected chi connectivity index (χ4v) is 1.78. The topological polar surface area (TPSA) is 70.2 Å². The van der Waals surface area contributed by atoms with Crippen LogP contribution in [0.25, 0.3) is 0 Å². The summed E-state index contributed by atoms with van der Waals surface area (Å²) in [6.45, 7) is 4.17. The number of amides is 2. The second kappa shape index (κ2) is 6.52. The Labute approximate surface area is 119 Å². The van der Waals surface area contributed by atoms with E-state index >= 15 is 0 Å².